The Kier molecular flexibility index (Phi) is 4.37. The summed E-state index contributed by atoms with van der Waals surface area (Å²) >= 11 is 0. The molecular weight excluding hydrogens is 216 g/mol. The first kappa shape index (κ1) is 13.4. The highest BCUT2D eigenvalue weighted by Gasteiger charge is 2.11. The fourth-order valence-electron chi connectivity index (χ4n) is 1.61. The van der Waals surface area contributed by atoms with Gasteiger partial charge in [-0.3, -0.25) is 0 Å². The molecule has 0 aromatic heterocycles. The molecule has 0 aliphatic rings. The molecule has 0 saturated heterocycles. The van der Waals surface area contributed by atoms with Crippen molar-refractivity contribution in [1.82, 2.24) is 4.90 Å². The van der Waals surface area contributed by atoms with E-state index in [1.54, 1.807) is 14.2 Å². The second-order valence-electron chi connectivity index (χ2n) is 4.42. The Hall–Kier alpha value is -1.71. The summed E-state index contributed by atoms with van der Waals surface area (Å²) in [6.45, 7) is 4.71. The molecule has 0 radical (unpaired) electrons. The zero-order chi connectivity index (χ0) is 13.0. The number of urea groups is 1. The van der Waals surface area contributed by atoms with Gasteiger partial charge in [0.1, 0.15) is 5.75 Å². The van der Waals surface area contributed by atoms with E-state index in [0.717, 1.165) is 11.3 Å². The van der Waals surface area contributed by atoms with Gasteiger partial charge in [0, 0.05) is 12.6 Å². The third-order valence-corrected chi connectivity index (χ3v) is 2.75. The number of nitrogens with two attached hydrogens (primary N) is 1. The molecule has 0 aliphatic carbocycles. The molecule has 0 heterocycles. The number of amides is 2. The van der Waals surface area contributed by atoms with Crippen LogP contribution in [0.2, 0.25) is 0 Å². The van der Waals surface area contributed by atoms with Crippen molar-refractivity contribution in [2.24, 2.45) is 5.73 Å². The number of hydrogen-bond donors (Lipinski definition) is 1. The van der Waals surface area contributed by atoms with Crippen molar-refractivity contribution in [1.29, 1.82) is 0 Å². The second-order valence-corrected chi connectivity index (χ2v) is 4.42. The first-order valence-electron chi connectivity index (χ1n) is 5.63. The van der Waals surface area contributed by atoms with Gasteiger partial charge >= 0.3 is 6.03 Å². The van der Waals surface area contributed by atoms with Crippen LogP contribution in [0.4, 0.5) is 4.79 Å². The Labute approximate surface area is 102 Å². The summed E-state index contributed by atoms with van der Waals surface area (Å²) in [5, 5.41) is 0. The number of ether oxygens (including phenoxy) is 1. The molecule has 0 spiro atoms. The van der Waals surface area contributed by atoms with Crippen LogP contribution < -0.4 is 10.5 Å². The van der Waals surface area contributed by atoms with Crippen molar-refractivity contribution < 1.29 is 9.53 Å². The van der Waals surface area contributed by atoms with Crippen LogP contribution >= 0.6 is 0 Å². The fraction of sp³-hybridized carbons (Fsp3) is 0.462. The average molecular weight is 236 g/mol. The van der Waals surface area contributed by atoms with Crippen LogP contribution in [0, 0.1) is 0 Å². The average Bonchev–Trinajstić information content (AvgIpc) is 2.28. The zero-order valence-electron chi connectivity index (χ0n) is 10.9. The molecule has 0 aliphatic heterocycles. The monoisotopic (exact) mass is 236 g/mol. The van der Waals surface area contributed by atoms with Crippen molar-refractivity contribution in [3.63, 3.8) is 0 Å². The van der Waals surface area contributed by atoms with Crippen molar-refractivity contribution in [2.75, 3.05) is 14.2 Å². The van der Waals surface area contributed by atoms with Gasteiger partial charge in [0.15, 0.2) is 0 Å². The molecule has 0 atom stereocenters. The van der Waals surface area contributed by atoms with Gasteiger partial charge in [0.05, 0.1) is 13.7 Å². The molecule has 94 valence electrons. The molecule has 4 heteroatoms. The summed E-state index contributed by atoms with van der Waals surface area (Å²) in [4.78, 5) is 12.5. The molecule has 0 saturated carbocycles. The van der Waals surface area contributed by atoms with E-state index in [2.05, 4.69) is 19.9 Å². The van der Waals surface area contributed by atoms with Gasteiger partial charge in [0.25, 0.3) is 0 Å². The van der Waals surface area contributed by atoms with E-state index in [0.29, 0.717) is 12.5 Å². The van der Waals surface area contributed by atoms with Gasteiger partial charge in [-0.1, -0.05) is 26.0 Å². The van der Waals surface area contributed by atoms with Crippen molar-refractivity contribution in [3.8, 4) is 5.75 Å². The molecule has 1 aromatic rings. The lowest BCUT2D eigenvalue weighted by atomic mass is 10.00. The van der Waals surface area contributed by atoms with Crippen LogP contribution in [0.1, 0.15) is 30.9 Å². The Bertz CT molecular complexity index is 402. The van der Waals surface area contributed by atoms with E-state index < -0.39 is 6.03 Å². The van der Waals surface area contributed by atoms with Crippen LogP contribution in [-0.4, -0.2) is 25.1 Å². The fourth-order valence-corrected chi connectivity index (χ4v) is 1.61. The van der Waals surface area contributed by atoms with E-state index in [1.807, 2.05) is 12.1 Å². The van der Waals surface area contributed by atoms with E-state index >= 15 is 0 Å². The molecule has 1 aromatic carbocycles. The summed E-state index contributed by atoms with van der Waals surface area (Å²) in [5.41, 5.74) is 7.41. The van der Waals surface area contributed by atoms with Crippen LogP contribution in [0.3, 0.4) is 0 Å². The third kappa shape index (κ3) is 3.37. The highest BCUT2D eigenvalue weighted by molar-refractivity contribution is 5.71. The van der Waals surface area contributed by atoms with Gasteiger partial charge in [-0.25, -0.2) is 4.79 Å². The molecule has 0 fully saturated rings. The SMILES string of the molecule is COc1ccc(C(C)C)cc1CN(C)C(N)=O. The molecule has 1 rings (SSSR count). The first-order chi connectivity index (χ1) is 7.95. The van der Waals surface area contributed by atoms with E-state index in [9.17, 15) is 4.79 Å². The van der Waals surface area contributed by atoms with Crippen molar-refractivity contribution in [2.45, 2.75) is 26.3 Å². The Morgan fingerprint density at radius 1 is 1.47 bits per heavy atom. The lowest BCUT2D eigenvalue weighted by molar-refractivity contribution is 0.216. The number of benzene rings is 1. The van der Waals surface area contributed by atoms with Crippen LogP contribution in [0.5, 0.6) is 5.75 Å². The zero-order valence-corrected chi connectivity index (χ0v) is 10.9. The lowest BCUT2D eigenvalue weighted by Crippen LogP contribution is -2.31. The first-order valence-corrected chi connectivity index (χ1v) is 5.63. The van der Waals surface area contributed by atoms with Crippen LogP contribution in [-0.2, 0) is 6.54 Å². The van der Waals surface area contributed by atoms with Crippen LogP contribution in [0.25, 0.3) is 0 Å². The normalized spacial score (nSPS) is 10.4. The van der Waals surface area contributed by atoms with Gasteiger partial charge in [-0.05, 0) is 17.5 Å². The minimum Gasteiger partial charge on any atom is -0.496 e. The van der Waals surface area contributed by atoms with Crippen molar-refractivity contribution in [3.05, 3.63) is 29.3 Å². The Balaban J connectivity index is 3.01. The number of nitrogens with zero attached hydrogens (tertiary/aromatic N) is 1. The molecule has 2 N–H and O–H groups in total. The van der Waals surface area contributed by atoms with Crippen LogP contribution in [0.15, 0.2) is 18.2 Å². The summed E-state index contributed by atoms with van der Waals surface area (Å²) in [7, 11) is 3.29. The topological polar surface area (TPSA) is 55.6 Å². The number of primary amides is 1. The number of methoxy groups -OCH3 is 1. The molecule has 0 unspecified atom stereocenters. The molecule has 2 amide bonds. The Morgan fingerprint density at radius 3 is 2.59 bits per heavy atom. The molecule has 17 heavy (non-hydrogen) atoms. The minimum absolute atomic E-state index is 0.443. The third-order valence-electron chi connectivity index (χ3n) is 2.75. The summed E-state index contributed by atoms with van der Waals surface area (Å²) in [6, 6.07) is 5.58. The summed E-state index contributed by atoms with van der Waals surface area (Å²) in [5.74, 6) is 1.22. The molecule has 0 bridgehead atoms. The highest BCUT2D eigenvalue weighted by atomic mass is 16.5. The second kappa shape index (κ2) is 5.57. The number of carbonyl (C=O) groups is 1. The van der Waals surface area contributed by atoms with Crippen molar-refractivity contribution >= 4 is 6.03 Å². The van der Waals surface area contributed by atoms with E-state index in [1.165, 1.54) is 10.5 Å². The Morgan fingerprint density at radius 2 is 2.12 bits per heavy atom. The predicted molar refractivity (Wildman–Crippen MR) is 68.1 cm³/mol. The largest absolute Gasteiger partial charge is 0.496 e. The smallest absolute Gasteiger partial charge is 0.314 e. The molecular formula is C13H20N2O2. The molecule has 4 nitrogen and oxygen atoms in total. The van der Waals surface area contributed by atoms with Gasteiger partial charge in [-0.15, -0.1) is 0 Å². The quantitative estimate of drug-likeness (QED) is 0.872. The predicted octanol–water partition coefficient (Wildman–Crippen LogP) is 2.33. The highest BCUT2D eigenvalue weighted by Crippen LogP contribution is 2.25. The summed E-state index contributed by atoms with van der Waals surface area (Å²) < 4.78 is 5.28. The number of rotatable bonds is 4. The minimum atomic E-state index is -0.443. The van der Waals surface area contributed by atoms with Gasteiger partial charge in [-0.2, -0.15) is 0 Å². The van der Waals surface area contributed by atoms with Gasteiger partial charge < -0.3 is 15.4 Å². The van der Waals surface area contributed by atoms with E-state index in [-0.39, 0.29) is 0 Å². The number of hydrogen-bond acceptors (Lipinski definition) is 2. The standard InChI is InChI=1S/C13H20N2O2/c1-9(2)10-5-6-12(17-4)11(7-10)8-15(3)13(14)16/h5-7,9H,8H2,1-4H3,(H2,14,16). The summed E-state index contributed by atoms with van der Waals surface area (Å²) in [6.07, 6.45) is 0. The maximum atomic E-state index is 11.0. The number of carbonyl (C=O) groups excluding carboxylic acids is 1. The van der Waals surface area contributed by atoms with E-state index in [4.69, 9.17) is 10.5 Å². The maximum absolute atomic E-state index is 11.0. The van der Waals surface area contributed by atoms with Gasteiger partial charge in [0.2, 0.25) is 0 Å². The lowest BCUT2D eigenvalue weighted by Gasteiger charge is -2.18. The maximum Gasteiger partial charge on any atom is 0.314 e.